The Morgan fingerprint density at radius 2 is 1.85 bits per heavy atom. The molecular weight excluding hydrogens is 521 g/mol. The number of rotatable bonds is 5. The number of aromatic amines is 1. The van der Waals surface area contributed by atoms with Gasteiger partial charge in [0, 0.05) is 30.0 Å². The minimum Gasteiger partial charge on any atom is -0.350 e. The summed E-state index contributed by atoms with van der Waals surface area (Å²) >= 11 is 0. The van der Waals surface area contributed by atoms with E-state index >= 15 is 0 Å². The summed E-state index contributed by atoms with van der Waals surface area (Å²) in [7, 11) is 0. The van der Waals surface area contributed by atoms with E-state index < -0.39 is 17.2 Å². The fraction of sp³-hybridized carbons (Fsp3) is 0.345. The molecule has 1 fully saturated rings. The molecule has 6 rings (SSSR count). The van der Waals surface area contributed by atoms with Crippen LogP contribution < -0.4 is 16.6 Å². The molecule has 0 aliphatic heterocycles. The minimum atomic E-state index is -4.46. The molecular formula is C29H29F3N6O2. The topological polar surface area (TPSA) is 127 Å². The van der Waals surface area contributed by atoms with Gasteiger partial charge in [-0.3, -0.25) is 19.6 Å². The highest BCUT2D eigenvalue weighted by atomic mass is 19.4. The van der Waals surface area contributed by atoms with E-state index in [4.69, 9.17) is 5.73 Å². The van der Waals surface area contributed by atoms with Crippen LogP contribution in [0.2, 0.25) is 0 Å². The van der Waals surface area contributed by atoms with Crippen LogP contribution >= 0.6 is 0 Å². The van der Waals surface area contributed by atoms with Crippen molar-refractivity contribution in [1.82, 2.24) is 25.5 Å². The molecule has 0 radical (unpaired) electrons. The summed E-state index contributed by atoms with van der Waals surface area (Å²) in [5.74, 6) is -0.240. The van der Waals surface area contributed by atoms with Gasteiger partial charge in [0.25, 0.3) is 5.56 Å². The highest BCUT2D eigenvalue weighted by molar-refractivity contribution is 5.93. The predicted octanol–water partition coefficient (Wildman–Crippen LogP) is 4.10. The van der Waals surface area contributed by atoms with Crippen molar-refractivity contribution in [2.45, 2.75) is 63.2 Å². The number of aromatic nitrogens is 4. The van der Waals surface area contributed by atoms with Crippen molar-refractivity contribution >= 4 is 16.7 Å². The number of aryl methyl sites for hydroxylation is 2. The van der Waals surface area contributed by atoms with Gasteiger partial charge >= 0.3 is 6.18 Å². The minimum absolute atomic E-state index is 0.0155. The molecule has 0 spiro atoms. The van der Waals surface area contributed by atoms with Gasteiger partial charge in [-0.15, -0.1) is 0 Å². The van der Waals surface area contributed by atoms with Crippen LogP contribution in [-0.2, 0) is 42.3 Å². The highest BCUT2D eigenvalue weighted by Gasteiger charge is 2.51. The van der Waals surface area contributed by atoms with Crippen LogP contribution in [0.15, 0.2) is 59.7 Å². The molecule has 4 N–H and O–H groups in total. The zero-order valence-corrected chi connectivity index (χ0v) is 21.7. The van der Waals surface area contributed by atoms with Crippen LogP contribution in [0.3, 0.4) is 0 Å². The highest BCUT2D eigenvalue weighted by Crippen LogP contribution is 2.49. The first-order valence-corrected chi connectivity index (χ1v) is 13.2. The van der Waals surface area contributed by atoms with Crippen LogP contribution in [0.4, 0.5) is 13.2 Å². The fourth-order valence-electron chi connectivity index (χ4n) is 5.01. The van der Waals surface area contributed by atoms with Crippen LogP contribution in [0.5, 0.6) is 0 Å². The van der Waals surface area contributed by atoms with Crippen molar-refractivity contribution in [3.05, 3.63) is 99.0 Å². The van der Waals surface area contributed by atoms with E-state index in [1.165, 1.54) is 43.0 Å². The average molecular weight is 551 g/mol. The molecule has 2 aliphatic rings. The van der Waals surface area contributed by atoms with E-state index in [-0.39, 0.29) is 24.6 Å². The number of halogens is 3. The lowest BCUT2D eigenvalue weighted by molar-refractivity contribution is -0.137. The lowest BCUT2D eigenvalue weighted by Gasteiger charge is -2.17. The smallest absolute Gasteiger partial charge is 0.350 e. The molecule has 208 valence electrons. The number of nitrogens with one attached hydrogen (secondary N) is 2. The average Bonchev–Trinajstić information content (AvgIpc) is 3.79. The van der Waals surface area contributed by atoms with Gasteiger partial charge in [-0.1, -0.05) is 12.1 Å². The van der Waals surface area contributed by atoms with E-state index in [0.717, 1.165) is 17.8 Å². The molecule has 1 saturated carbocycles. The second-order valence-electron chi connectivity index (χ2n) is 10.1. The number of alkyl halides is 3. The number of hydrogen-bond donors (Lipinski definition) is 3. The Labute approximate surface area is 228 Å². The lowest BCUT2D eigenvalue weighted by Crippen LogP contribution is -2.34. The number of H-pyrrole nitrogens is 1. The number of nitrogens with zero attached hydrogens (tertiary/aromatic N) is 3. The zero-order chi connectivity index (χ0) is 28.3. The van der Waals surface area contributed by atoms with Gasteiger partial charge in [-0.05, 0) is 80.0 Å². The van der Waals surface area contributed by atoms with Crippen molar-refractivity contribution < 1.29 is 18.0 Å². The van der Waals surface area contributed by atoms with Crippen LogP contribution in [0, 0.1) is 0 Å². The van der Waals surface area contributed by atoms with E-state index in [0.29, 0.717) is 35.0 Å². The molecule has 11 heteroatoms. The Bertz CT molecular complexity index is 1550. The molecule has 3 heterocycles. The fourth-order valence-corrected chi connectivity index (χ4v) is 5.01. The first kappa shape index (κ1) is 27.4. The first-order chi connectivity index (χ1) is 19.2. The molecule has 8 nitrogen and oxygen atoms in total. The number of carbonyl (C=O) groups is 1. The van der Waals surface area contributed by atoms with Crippen molar-refractivity contribution in [3.8, 4) is 0 Å². The van der Waals surface area contributed by atoms with Gasteiger partial charge in [0.1, 0.15) is 0 Å². The largest absolute Gasteiger partial charge is 0.417 e. The van der Waals surface area contributed by atoms with E-state index in [1.807, 2.05) is 12.3 Å². The lowest BCUT2D eigenvalue weighted by atomic mass is 9.92. The van der Waals surface area contributed by atoms with Gasteiger partial charge in [-0.25, -0.2) is 5.10 Å². The maximum Gasteiger partial charge on any atom is 0.417 e. The summed E-state index contributed by atoms with van der Waals surface area (Å²) in [6.07, 6.45) is 4.53. The summed E-state index contributed by atoms with van der Waals surface area (Å²) in [5, 5.41) is 10.2. The number of hydrogen-bond acceptors (Lipinski definition) is 6. The van der Waals surface area contributed by atoms with E-state index in [1.54, 1.807) is 18.2 Å². The van der Waals surface area contributed by atoms with Crippen molar-refractivity contribution in [2.24, 2.45) is 5.73 Å². The number of nitrogens with two attached hydrogens (primary N) is 1. The molecule has 0 bridgehead atoms. The summed E-state index contributed by atoms with van der Waals surface area (Å²) in [6.45, 7) is 0.150. The van der Waals surface area contributed by atoms with E-state index in [9.17, 15) is 22.8 Å². The summed E-state index contributed by atoms with van der Waals surface area (Å²) in [4.78, 5) is 32.9. The van der Waals surface area contributed by atoms with Crippen LogP contribution in [-0.4, -0.2) is 26.1 Å². The first-order valence-electron chi connectivity index (χ1n) is 13.2. The van der Waals surface area contributed by atoms with Crippen LogP contribution in [0.1, 0.15) is 59.5 Å². The second-order valence-corrected chi connectivity index (χ2v) is 10.1. The number of fused-ring (bicyclic) bond motifs is 2. The third-order valence-electron chi connectivity index (χ3n) is 7.47. The third kappa shape index (κ3) is 5.74. The monoisotopic (exact) mass is 550 g/mol. The maximum atomic E-state index is 12.9. The van der Waals surface area contributed by atoms with Crippen LogP contribution in [0.25, 0.3) is 10.8 Å². The SMILES string of the molecule is NCc1n[nH]c(=O)c2ccc(C3(C(=O)NCc4ccc(C(F)(F)F)cn4)CC3)cc12.c1cnc2c(c1)CCCC2. The Kier molecular flexibility index (Phi) is 7.66. The molecule has 4 aromatic rings. The van der Waals surface area contributed by atoms with Crippen molar-refractivity contribution in [2.75, 3.05) is 0 Å². The molecule has 1 amide bonds. The summed E-state index contributed by atoms with van der Waals surface area (Å²) in [6, 6.07) is 11.6. The van der Waals surface area contributed by atoms with Gasteiger partial charge in [0.15, 0.2) is 0 Å². The van der Waals surface area contributed by atoms with Crippen molar-refractivity contribution in [1.29, 1.82) is 0 Å². The zero-order valence-electron chi connectivity index (χ0n) is 21.7. The Morgan fingerprint density at radius 3 is 2.52 bits per heavy atom. The van der Waals surface area contributed by atoms with Crippen molar-refractivity contribution in [3.63, 3.8) is 0 Å². The Balaban J connectivity index is 0.000000269. The number of benzene rings is 1. The van der Waals surface area contributed by atoms with Gasteiger partial charge in [0.2, 0.25) is 5.91 Å². The number of pyridine rings is 2. The molecule has 40 heavy (non-hydrogen) atoms. The summed E-state index contributed by atoms with van der Waals surface area (Å²) < 4.78 is 37.9. The molecule has 1 aromatic carbocycles. The normalized spacial score (nSPS) is 15.5. The molecule has 2 aliphatic carbocycles. The predicted molar refractivity (Wildman–Crippen MR) is 143 cm³/mol. The molecule has 0 atom stereocenters. The quantitative estimate of drug-likeness (QED) is 0.343. The second kappa shape index (κ2) is 11.2. The maximum absolute atomic E-state index is 12.9. The molecule has 0 unspecified atom stereocenters. The molecule has 0 saturated heterocycles. The third-order valence-corrected chi connectivity index (χ3v) is 7.47. The number of amides is 1. The number of carbonyl (C=O) groups excluding carboxylic acids is 1. The van der Waals surface area contributed by atoms with E-state index in [2.05, 4.69) is 31.5 Å². The standard InChI is InChI=1S/C20H18F3N5O2.C9H11N/c21-20(22,23)12-1-3-13(25-9-12)10-26-18(30)19(5-6-19)11-2-4-14-15(7-11)16(8-24)27-28-17(14)29;1-2-6-9-8(4-1)5-3-7-10-9/h1-4,7,9H,5-6,8,10,24H2,(H,26,30)(H,28,29);3,5,7H,1-2,4,6H2. The Hall–Kier alpha value is -4.12. The van der Waals surface area contributed by atoms with Gasteiger partial charge in [-0.2, -0.15) is 18.3 Å². The Morgan fingerprint density at radius 1 is 1.05 bits per heavy atom. The molecule has 3 aromatic heterocycles. The summed E-state index contributed by atoms with van der Waals surface area (Å²) in [5.41, 5.74) is 8.18. The van der Waals surface area contributed by atoms with Gasteiger partial charge in [0.05, 0.1) is 34.3 Å². The van der Waals surface area contributed by atoms with Gasteiger partial charge < -0.3 is 11.1 Å².